The summed E-state index contributed by atoms with van der Waals surface area (Å²) in [5.41, 5.74) is 9.17. The summed E-state index contributed by atoms with van der Waals surface area (Å²) in [6.07, 6.45) is 0.211. The highest BCUT2D eigenvalue weighted by molar-refractivity contribution is 5.72. The molecule has 0 spiro atoms. The van der Waals surface area contributed by atoms with Crippen LogP contribution in [-0.4, -0.2) is 29.3 Å². The van der Waals surface area contributed by atoms with Crippen molar-refractivity contribution in [3.8, 4) is 0 Å². The molecule has 1 aliphatic rings. The van der Waals surface area contributed by atoms with Crippen LogP contribution in [0.1, 0.15) is 15.6 Å². The van der Waals surface area contributed by atoms with Gasteiger partial charge in [-0.2, -0.15) is 10.2 Å². The molecule has 5 N–H and O–H groups in total. The van der Waals surface area contributed by atoms with Gasteiger partial charge in [0.05, 0.1) is 0 Å². The number of hydrogen-bond donors (Lipinski definition) is 3. The molecule has 6 nitrogen and oxygen atoms in total. The molecular formula is C6H12N4O2. The van der Waals surface area contributed by atoms with Gasteiger partial charge in [0, 0.05) is 9.24 Å². The molecule has 0 aromatic heterocycles. The zero-order chi connectivity index (χ0) is 11.0. The van der Waals surface area contributed by atoms with Crippen LogP contribution in [0.4, 0.5) is 0 Å². The minimum atomic E-state index is -2.05. The average molecular weight is 174 g/mol. The Morgan fingerprint density at radius 3 is 2.67 bits per heavy atom. The Kier molecular flexibility index (Phi) is 1.71. The fourth-order valence-corrected chi connectivity index (χ4v) is 0.771. The van der Waals surface area contributed by atoms with Crippen molar-refractivity contribution in [1.29, 1.82) is 0 Å². The van der Waals surface area contributed by atoms with Gasteiger partial charge in [-0.25, -0.2) is 0 Å². The average Bonchev–Trinajstić information content (AvgIpc) is 2.78. The second kappa shape index (κ2) is 3.16. The Labute approximate surface area is 72.5 Å². The van der Waals surface area contributed by atoms with Crippen LogP contribution in [0.25, 0.3) is 0 Å². The molecule has 68 valence electrons. The van der Waals surface area contributed by atoms with E-state index in [0.29, 0.717) is 0 Å². The monoisotopic (exact) mass is 174 g/mol. The molecule has 0 aromatic rings. The Hall–Kier alpha value is -1.01. The van der Waals surface area contributed by atoms with E-state index in [1.165, 1.54) is 0 Å². The van der Waals surface area contributed by atoms with E-state index in [9.17, 15) is 4.79 Å². The summed E-state index contributed by atoms with van der Waals surface area (Å²) in [7, 11) is 0. The van der Waals surface area contributed by atoms with Gasteiger partial charge >= 0.3 is 5.97 Å². The minimum Gasteiger partial charge on any atom is -0.480 e. The molecule has 0 saturated heterocycles. The van der Waals surface area contributed by atoms with Gasteiger partial charge in [-0.1, -0.05) is 0 Å². The molecule has 0 fully saturated rings. The number of aliphatic carboxylic acids is 1. The first kappa shape index (κ1) is 6.50. The molecule has 0 aromatic carbocycles. The number of nitrogens with two attached hydrogens (primary N) is 2. The normalized spacial score (nSPS) is 24.2. The number of carbonyl (C=O) groups is 1. The first-order valence-electron chi connectivity index (χ1n) is 4.50. The quantitative estimate of drug-likeness (QED) is 0.511. The van der Waals surface area contributed by atoms with Crippen LogP contribution >= 0.6 is 0 Å². The fraction of sp³-hybridized carbons (Fsp3) is 0.833. The lowest BCUT2D eigenvalue weighted by Gasteiger charge is -2.09. The van der Waals surface area contributed by atoms with Crippen molar-refractivity contribution in [3.05, 3.63) is 0 Å². The highest BCUT2D eigenvalue weighted by atomic mass is 16.4. The van der Waals surface area contributed by atoms with Crippen molar-refractivity contribution in [1.82, 2.24) is 0 Å². The SMILES string of the molecule is [2H]C([2H])(N)C1(CCC(N)C(=O)O)N=N1. The van der Waals surface area contributed by atoms with Crippen LogP contribution in [0.5, 0.6) is 0 Å². The molecule has 0 aliphatic carbocycles. The first-order valence-corrected chi connectivity index (χ1v) is 3.50. The van der Waals surface area contributed by atoms with Gasteiger partial charge in [0.1, 0.15) is 6.04 Å². The summed E-state index contributed by atoms with van der Waals surface area (Å²) in [5.74, 6) is -1.13. The summed E-state index contributed by atoms with van der Waals surface area (Å²) < 4.78 is 14.4. The highest BCUT2D eigenvalue weighted by Gasteiger charge is 2.38. The predicted octanol–water partition coefficient (Wildman–Crippen LogP) is -0.701. The van der Waals surface area contributed by atoms with Gasteiger partial charge in [0.15, 0.2) is 0 Å². The highest BCUT2D eigenvalue weighted by Crippen LogP contribution is 2.31. The number of nitrogens with zero attached hydrogens (tertiary/aromatic N) is 2. The molecule has 1 aliphatic heterocycles. The summed E-state index contributed by atoms with van der Waals surface area (Å²) >= 11 is 0. The second-order valence-corrected chi connectivity index (χ2v) is 2.64. The van der Waals surface area contributed by atoms with Crippen molar-refractivity contribution in [2.75, 3.05) is 6.50 Å². The minimum absolute atomic E-state index is 0.0963. The number of carboxylic acids is 1. The van der Waals surface area contributed by atoms with E-state index in [2.05, 4.69) is 10.2 Å². The van der Waals surface area contributed by atoms with Gasteiger partial charge in [0.25, 0.3) is 0 Å². The molecule has 6 heteroatoms. The van der Waals surface area contributed by atoms with Crippen LogP contribution in [0, 0.1) is 0 Å². The fourth-order valence-electron chi connectivity index (χ4n) is 0.771. The molecule has 0 bridgehead atoms. The van der Waals surface area contributed by atoms with Crippen LogP contribution in [0.3, 0.4) is 0 Å². The Morgan fingerprint density at radius 1 is 1.75 bits per heavy atom. The van der Waals surface area contributed by atoms with E-state index in [4.69, 9.17) is 19.3 Å². The molecule has 0 amide bonds. The third-order valence-electron chi connectivity index (χ3n) is 1.69. The molecule has 1 heterocycles. The van der Waals surface area contributed by atoms with E-state index in [1.54, 1.807) is 0 Å². The van der Waals surface area contributed by atoms with Crippen LogP contribution < -0.4 is 11.5 Å². The van der Waals surface area contributed by atoms with Crippen molar-refractivity contribution < 1.29 is 12.6 Å². The zero-order valence-electron chi connectivity index (χ0n) is 8.40. The summed E-state index contributed by atoms with van der Waals surface area (Å²) in [6, 6.07) is -1.03. The molecule has 0 radical (unpaired) electrons. The van der Waals surface area contributed by atoms with E-state index in [-0.39, 0.29) is 12.8 Å². The molecule has 1 rings (SSSR count). The lowest BCUT2D eigenvalue weighted by molar-refractivity contribution is -0.138. The second-order valence-electron chi connectivity index (χ2n) is 2.64. The van der Waals surface area contributed by atoms with Crippen molar-refractivity contribution in [3.63, 3.8) is 0 Å². The van der Waals surface area contributed by atoms with Crippen LogP contribution in [0.2, 0.25) is 0 Å². The molecule has 1 unspecified atom stereocenters. The third kappa shape index (κ3) is 1.99. The zero-order valence-corrected chi connectivity index (χ0v) is 6.40. The van der Waals surface area contributed by atoms with Gasteiger partial charge in [0.2, 0.25) is 5.66 Å². The third-order valence-corrected chi connectivity index (χ3v) is 1.69. The van der Waals surface area contributed by atoms with Gasteiger partial charge in [-0.05, 0) is 12.8 Å². The van der Waals surface area contributed by atoms with Crippen molar-refractivity contribution >= 4 is 5.97 Å². The summed E-state index contributed by atoms with van der Waals surface area (Å²) in [5, 5.41) is 15.5. The van der Waals surface area contributed by atoms with Gasteiger partial charge in [-0.3, -0.25) is 4.79 Å². The van der Waals surface area contributed by atoms with Gasteiger partial charge in [-0.15, -0.1) is 0 Å². The smallest absolute Gasteiger partial charge is 0.320 e. The topological polar surface area (TPSA) is 114 Å². The van der Waals surface area contributed by atoms with E-state index in [1.807, 2.05) is 0 Å². The maximum Gasteiger partial charge on any atom is 0.320 e. The lowest BCUT2D eigenvalue weighted by Crippen LogP contribution is -2.33. The van der Waals surface area contributed by atoms with E-state index in [0.717, 1.165) is 0 Å². The van der Waals surface area contributed by atoms with Gasteiger partial charge < -0.3 is 16.6 Å². The standard InChI is InChI=1S/C6H12N4O2/c7-3-6(9-10-6)2-1-4(8)5(11)12/h4H,1-3,7-8H2,(H,11,12)/i3D2. The molecular weight excluding hydrogens is 160 g/mol. The largest absolute Gasteiger partial charge is 0.480 e. The van der Waals surface area contributed by atoms with E-state index >= 15 is 0 Å². The summed E-state index contributed by atoms with van der Waals surface area (Å²) in [6.45, 7) is -2.05. The maximum absolute atomic E-state index is 10.4. The Morgan fingerprint density at radius 2 is 2.33 bits per heavy atom. The van der Waals surface area contributed by atoms with Crippen LogP contribution in [0.15, 0.2) is 10.2 Å². The number of hydrogen-bond acceptors (Lipinski definition) is 5. The lowest BCUT2D eigenvalue weighted by atomic mass is 10.0. The van der Waals surface area contributed by atoms with Crippen LogP contribution in [-0.2, 0) is 4.79 Å². The first-order chi connectivity index (χ1) is 6.28. The Bertz CT molecular complexity index is 269. The maximum atomic E-state index is 10.4. The van der Waals surface area contributed by atoms with Crippen molar-refractivity contribution in [2.24, 2.45) is 21.7 Å². The summed E-state index contributed by atoms with van der Waals surface area (Å²) in [4.78, 5) is 10.4. The van der Waals surface area contributed by atoms with Crippen molar-refractivity contribution in [2.45, 2.75) is 24.5 Å². The molecule has 0 saturated carbocycles. The number of carboxylic acid groups (broad SMARTS) is 1. The molecule has 1 atom stereocenters. The predicted molar refractivity (Wildman–Crippen MR) is 41.5 cm³/mol. The molecule has 12 heavy (non-hydrogen) atoms. The number of rotatable bonds is 5. The van der Waals surface area contributed by atoms with E-state index < -0.39 is 24.2 Å². The Balaban J connectivity index is 2.43.